The quantitative estimate of drug-likeness (QED) is 0.792. The average molecular weight is 411 g/mol. The Morgan fingerprint density at radius 1 is 1.11 bits per heavy atom. The first-order valence-electron chi connectivity index (χ1n) is 9.37. The summed E-state index contributed by atoms with van der Waals surface area (Å²) in [5.74, 6) is -0.678. The van der Waals surface area contributed by atoms with Crippen molar-refractivity contribution >= 4 is 40.6 Å². The Morgan fingerprint density at radius 2 is 1.67 bits per heavy atom. The van der Waals surface area contributed by atoms with Gasteiger partial charge in [-0.1, -0.05) is 23.2 Å². The Hall–Kier alpha value is -1.14. The maximum Gasteiger partial charge on any atom is 0.261 e. The van der Waals surface area contributed by atoms with Gasteiger partial charge in [-0.25, -0.2) is 0 Å². The lowest BCUT2D eigenvalue weighted by Gasteiger charge is -2.55. The second-order valence-electron chi connectivity index (χ2n) is 8.59. The van der Waals surface area contributed by atoms with Crippen LogP contribution in [0.2, 0.25) is 10.0 Å². The minimum atomic E-state index is -1.96. The van der Waals surface area contributed by atoms with Crippen molar-refractivity contribution in [3.63, 3.8) is 0 Å². The molecule has 0 radical (unpaired) electrons. The van der Waals surface area contributed by atoms with Crippen molar-refractivity contribution in [2.45, 2.75) is 56.1 Å². The predicted molar refractivity (Wildman–Crippen MR) is 105 cm³/mol. The van der Waals surface area contributed by atoms with Crippen LogP contribution in [0.3, 0.4) is 0 Å². The van der Waals surface area contributed by atoms with Gasteiger partial charge in [0.25, 0.3) is 5.91 Å². The zero-order valence-electron chi connectivity index (χ0n) is 15.6. The molecule has 1 aromatic rings. The third-order valence-corrected chi connectivity index (χ3v) is 7.92. The Kier molecular flexibility index (Phi) is 4.39. The summed E-state index contributed by atoms with van der Waals surface area (Å²) >= 11 is 12.4. The van der Waals surface area contributed by atoms with Crippen molar-refractivity contribution in [3.8, 4) is 0 Å². The number of hydrogen-bond acceptors (Lipinski definition) is 4. The number of aliphatic hydroxyl groups is 1. The fraction of sp³-hybridized carbons (Fsp3) is 0.600. The minimum absolute atomic E-state index is 0.0453. The molecule has 1 aromatic carbocycles. The molecule has 0 saturated heterocycles. The van der Waals surface area contributed by atoms with E-state index in [1.165, 1.54) is 0 Å². The largest absolute Gasteiger partial charge is 0.375 e. The highest BCUT2D eigenvalue weighted by Gasteiger charge is 2.56. The van der Waals surface area contributed by atoms with Gasteiger partial charge in [0, 0.05) is 28.0 Å². The molecule has 7 heteroatoms. The van der Waals surface area contributed by atoms with E-state index in [2.05, 4.69) is 24.3 Å². The number of nitrogens with one attached hydrogen (secondary N) is 1. The van der Waals surface area contributed by atoms with Crippen LogP contribution in [0.25, 0.3) is 0 Å². The molecule has 1 heterocycles. The fourth-order valence-corrected chi connectivity index (χ4v) is 5.77. The topological polar surface area (TPSA) is 69.6 Å². The maximum atomic E-state index is 13.3. The molecular weight excluding hydrogens is 387 g/mol. The van der Waals surface area contributed by atoms with Gasteiger partial charge in [0.2, 0.25) is 0 Å². The van der Waals surface area contributed by atoms with Crippen LogP contribution in [0.5, 0.6) is 0 Å². The number of ketones is 1. The Morgan fingerprint density at radius 3 is 2.22 bits per heavy atom. The lowest BCUT2D eigenvalue weighted by molar-refractivity contribution is -0.150. The molecule has 4 aliphatic rings. The molecule has 0 spiro atoms. The van der Waals surface area contributed by atoms with Gasteiger partial charge in [-0.3, -0.25) is 9.59 Å². The fourth-order valence-electron chi connectivity index (χ4n) is 5.25. The van der Waals surface area contributed by atoms with Crippen LogP contribution in [0, 0.1) is 5.41 Å². The number of carbonyl (C=O) groups is 2. The summed E-state index contributed by atoms with van der Waals surface area (Å²) in [6.07, 6.45) is 5.06. The summed E-state index contributed by atoms with van der Waals surface area (Å²) in [5, 5.41) is 14.3. The highest BCUT2D eigenvalue weighted by atomic mass is 35.5. The van der Waals surface area contributed by atoms with Gasteiger partial charge in [-0.05, 0) is 64.8 Å². The summed E-state index contributed by atoms with van der Waals surface area (Å²) in [5.41, 5.74) is -1.69. The van der Waals surface area contributed by atoms with Gasteiger partial charge in [-0.2, -0.15) is 0 Å². The van der Waals surface area contributed by atoms with Gasteiger partial charge in [-0.15, -0.1) is 0 Å². The van der Waals surface area contributed by atoms with E-state index in [4.69, 9.17) is 23.2 Å². The van der Waals surface area contributed by atoms with E-state index in [9.17, 15) is 14.7 Å². The molecule has 1 atom stereocenters. The van der Waals surface area contributed by atoms with Crippen LogP contribution in [-0.4, -0.2) is 41.3 Å². The number of hydrogen-bond donors (Lipinski definition) is 2. The number of amides is 1. The molecule has 3 fully saturated rings. The smallest absolute Gasteiger partial charge is 0.261 e. The standard InChI is InChI=1S/C20H24Cl2N2O3/c1-24(2)19-8-5-18(6-9-19,7-10-19)14(25)11-20(27)15-12(21)3-4-13(22)16(15)23-17(20)26/h3-4,27H,5-11H2,1-2H3,(H,23,26)/t18?,19?,20-/m1/s1. The minimum Gasteiger partial charge on any atom is -0.375 e. The van der Waals surface area contributed by atoms with Gasteiger partial charge in [0.15, 0.2) is 5.60 Å². The highest BCUT2D eigenvalue weighted by Crippen LogP contribution is 2.56. The van der Waals surface area contributed by atoms with E-state index in [0.717, 1.165) is 38.5 Å². The number of carbonyl (C=O) groups excluding carboxylic acids is 2. The van der Waals surface area contributed by atoms with E-state index in [0.29, 0.717) is 10.7 Å². The number of anilines is 1. The van der Waals surface area contributed by atoms with Gasteiger partial charge >= 0.3 is 0 Å². The van der Waals surface area contributed by atoms with Crippen molar-refractivity contribution in [3.05, 3.63) is 27.7 Å². The molecule has 146 valence electrons. The van der Waals surface area contributed by atoms with Crippen LogP contribution in [-0.2, 0) is 15.2 Å². The molecule has 1 amide bonds. The number of rotatable bonds is 4. The zero-order chi connectivity index (χ0) is 19.6. The molecule has 1 aliphatic heterocycles. The lowest BCUT2D eigenvalue weighted by atomic mass is 9.54. The summed E-state index contributed by atoms with van der Waals surface area (Å²) in [7, 11) is 4.21. The molecule has 5 rings (SSSR count). The van der Waals surface area contributed by atoms with Crippen LogP contribution >= 0.6 is 23.2 Å². The molecule has 0 unspecified atom stereocenters. The van der Waals surface area contributed by atoms with Gasteiger partial charge in [0.05, 0.1) is 10.7 Å². The summed E-state index contributed by atoms with van der Waals surface area (Å²) in [6, 6.07) is 3.11. The monoisotopic (exact) mass is 410 g/mol. The van der Waals surface area contributed by atoms with E-state index in [-0.39, 0.29) is 28.3 Å². The van der Waals surface area contributed by atoms with Crippen molar-refractivity contribution in [2.24, 2.45) is 5.41 Å². The van der Waals surface area contributed by atoms with Crippen molar-refractivity contribution < 1.29 is 14.7 Å². The lowest BCUT2D eigenvalue weighted by Crippen LogP contribution is -2.56. The molecule has 2 bridgehead atoms. The zero-order valence-corrected chi connectivity index (χ0v) is 17.1. The van der Waals surface area contributed by atoms with Gasteiger partial charge in [0.1, 0.15) is 5.78 Å². The van der Waals surface area contributed by atoms with Gasteiger partial charge < -0.3 is 15.3 Å². The van der Waals surface area contributed by atoms with E-state index in [1.54, 1.807) is 12.1 Å². The third kappa shape index (κ3) is 2.66. The first-order valence-corrected chi connectivity index (χ1v) is 10.1. The van der Waals surface area contributed by atoms with E-state index >= 15 is 0 Å². The Balaban J connectivity index is 1.62. The second kappa shape index (κ2) is 6.18. The van der Waals surface area contributed by atoms with Crippen molar-refractivity contribution in [2.75, 3.05) is 19.4 Å². The van der Waals surface area contributed by atoms with Crippen molar-refractivity contribution in [1.82, 2.24) is 4.90 Å². The predicted octanol–water partition coefficient (Wildman–Crippen LogP) is 3.75. The average Bonchev–Trinajstić information content (AvgIpc) is 2.92. The number of nitrogens with zero attached hydrogens (tertiary/aromatic N) is 1. The number of halogens is 2. The number of Topliss-reactive ketones (excluding diaryl/α,β-unsaturated/α-hetero) is 1. The third-order valence-electron chi connectivity index (χ3n) is 7.29. The normalized spacial score (nSPS) is 34.7. The molecule has 27 heavy (non-hydrogen) atoms. The second-order valence-corrected chi connectivity index (χ2v) is 9.41. The van der Waals surface area contributed by atoms with Crippen LogP contribution in [0.1, 0.15) is 50.5 Å². The molecule has 3 saturated carbocycles. The summed E-state index contributed by atoms with van der Waals surface area (Å²) in [4.78, 5) is 28.2. The van der Waals surface area contributed by atoms with Crippen LogP contribution in [0.4, 0.5) is 5.69 Å². The van der Waals surface area contributed by atoms with E-state index in [1.807, 2.05) is 0 Å². The number of fused-ring (bicyclic) bond motifs is 4. The van der Waals surface area contributed by atoms with Crippen LogP contribution in [0.15, 0.2) is 12.1 Å². The highest BCUT2D eigenvalue weighted by molar-refractivity contribution is 6.38. The summed E-state index contributed by atoms with van der Waals surface area (Å²) in [6.45, 7) is 0. The first-order chi connectivity index (χ1) is 12.6. The molecular formula is C20H24Cl2N2O3. The summed E-state index contributed by atoms with van der Waals surface area (Å²) < 4.78 is 0. The molecule has 0 aromatic heterocycles. The number of benzene rings is 1. The molecule has 5 nitrogen and oxygen atoms in total. The Bertz CT molecular complexity index is 814. The van der Waals surface area contributed by atoms with Crippen molar-refractivity contribution in [1.29, 1.82) is 0 Å². The first kappa shape index (κ1) is 19.2. The van der Waals surface area contributed by atoms with Crippen LogP contribution < -0.4 is 5.32 Å². The SMILES string of the molecule is CN(C)C12CCC(C(=O)C[C@]3(O)C(=O)Nc4c(Cl)ccc(Cl)c43)(CC1)CC2. The Labute approximate surface area is 169 Å². The molecule has 2 N–H and O–H groups in total. The molecule has 3 aliphatic carbocycles. The maximum absolute atomic E-state index is 13.3. The van der Waals surface area contributed by atoms with E-state index < -0.39 is 16.9 Å².